The molecule has 29 heteroatoms. The lowest BCUT2D eigenvalue weighted by Crippen LogP contribution is -2.75. The van der Waals surface area contributed by atoms with E-state index in [9.17, 15) is 110 Å². The van der Waals surface area contributed by atoms with E-state index < -0.39 is 195 Å². The number of benzene rings is 6. The minimum Gasteiger partial charge on any atom is -0.287 e. The van der Waals surface area contributed by atoms with Crippen molar-refractivity contribution in [3.63, 3.8) is 0 Å². The van der Waals surface area contributed by atoms with E-state index in [1.807, 2.05) is 47.0 Å². The van der Waals surface area contributed by atoms with Gasteiger partial charge in [-0.1, -0.05) is 78.9 Å². The number of halogens is 24. The molecule has 7 rings (SSSR count). The van der Waals surface area contributed by atoms with Crippen LogP contribution >= 0.6 is 0 Å². The van der Waals surface area contributed by atoms with Crippen molar-refractivity contribution in [1.29, 1.82) is 5.26 Å². The first kappa shape index (κ1) is 61.2. The van der Waals surface area contributed by atoms with Crippen molar-refractivity contribution in [3.05, 3.63) is 202 Å². The maximum absolute atomic E-state index is 14.2. The first-order valence-electron chi connectivity index (χ1n) is 21.8. The molecule has 0 amide bonds. The van der Waals surface area contributed by atoms with E-state index >= 15 is 0 Å². The lowest BCUT2D eigenvalue weighted by atomic mass is 9.12. The molecule has 0 aliphatic rings. The van der Waals surface area contributed by atoms with Gasteiger partial charge in [-0.3, -0.25) is 9.78 Å². The van der Waals surface area contributed by atoms with Crippen LogP contribution < -0.4 is 26.4 Å². The molecule has 0 fully saturated rings. The fourth-order valence-corrected chi connectivity index (χ4v) is 8.42. The molecule has 0 saturated heterocycles. The highest BCUT2D eigenvalue weighted by Crippen LogP contribution is 2.41. The first-order chi connectivity index (χ1) is 36.5. The second kappa shape index (κ2) is 21.5. The molecule has 0 spiro atoms. The minimum absolute atomic E-state index is 0.0386. The Labute approximate surface area is 433 Å². The Kier molecular flexibility index (Phi) is 16.5. The summed E-state index contributed by atoms with van der Waals surface area (Å²) < 4.78 is 343. The number of alkyl halides is 24. The average molecular weight is 1160 g/mol. The molecule has 0 aliphatic heterocycles. The Bertz CT molecular complexity index is 3000. The summed E-state index contributed by atoms with van der Waals surface area (Å²) in [5.41, 5.74) is -27.2. The Morgan fingerprint density at radius 2 is 0.713 bits per heavy atom. The molecule has 0 N–H and O–H groups in total. The Balaban J connectivity index is 0.000000370. The van der Waals surface area contributed by atoms with Crippen LogP contribution in [0.4, 0.5) is 105 Å². The molecule has 0 aliphatic carbocycles. The molecule has 1 aromatic heterocycles. The second-order valence-corrected chi connectivity index (χ2v) is 17.3. The van der Waals surface area contributed by atoms with Gasteiger partial charge in [-0.2, -0.15) is 137 Å². The molecule has 6 aromatic carbocycles. The van der Waals surface area contributed by atoms with Gasteiger partial charge in [-0.25, -0.2) is 0 Å². The standard InChI is InChI=1S/C32H12BF24.C19H14N3O/c34-25(35,36)13-1-14(26(37,38)39)6-21(5-13)33(22-7-15(27(40,41)42)2-16(8-22)28(43,44)45,23-9-17(29(46,47)48)3-18(10-23)30(49,50)51)24-11-19(31(52,53)54)4-20(12-24)32(55,56)57;20-12-15-6-8-16(9-7-15)18-13-21-10-11-22(18)14-19(23)17-4-2-1-3-5-17/h1-12H;1-11,13H,14H2/q-1;+1. The largest absolute Gasteiger partial charge is 0.416 e. The summed E-state index contributed by atoms with van der Waals surface area (Å²) in [6.45, 7) is 0.238. The Morgan fingerprint density at radius 1 is 0.425 bits per heavy atom. The zero-order valence-corrected chi connectivity index (χ0v) is 39.0. The van der Waals surface area contributed by atoms with Crippen molar-refractivity contribution < 1.29 is 115 Å². The van der Waals surface area contributed by atoms with Crippen LogP contribution in [0.25, 0.3) is 11.3 Å². The predicted molar refractivity (Wildman–Crippen MR) is 235 cm³/mol. The highest BCUT2D eigenvalue weighted by atomic mass is 19.4. The number of carbonyl (C=O) groups is 1. The van der Waals surface area contributed by atoms with Gasteiger partial charge in [0.1, 0.15) is 6.15 Å². The molecule has 80 heavy (non-hydrogen) atoms. The van der Waals surface area contributed by atoms with Crippen LogP contribution in [-0.4, -0.2) is 16.9 Å². The number of hydrogen-bond acceptors (Lipinski definition) is 3. The van der Waals surface area contributed by atoms with Crippen molar-refractivity contribution in [2.45, 2.75) is 56.0 Å². The lowest BCUT2D eigenvalue weighted by Gasteiger charge is -2.46. The maximum Gasteiger partial charge on any atom is 0.416 e. The molecule has 0 radical (unpaired) electrons. The zero-order valence-electron chi connectivity index (χ0n) is 39.0. The van der Waals surface area contributed by atoms with E-state index in [1.165, 1.54) is 0 Å². The van der Waals surface area contributed by atoms with Gasteiger partial charge < -0.3 is 0 Å². The highest BCUT2D eigenvalue weighted by molar-refractivity contribution is 7.20. The van der Waals surface area contributed by atoms with Crippen molar-refractivity contribution in [3.8, 4) is 17.3 Å². The summed E-state index contributed by atoms with van der Waals surface area (Å²) in [6.07, 6.45) is -49.6. The number of hydrogen-bond donors (Lipinski definition) is 0. The van der Waals surface area contributed by atoms with E-state index in [4.69, 9.17) is 5.26 Å². The molecule has 0 saturated carbocycles. The fraction of sp³-hybridized carbons (Fsp3) is 0.176. The van der Waals surface area contributed by atoms with Crippen molar-refractivity contribution in [1.82, 2.24) is 4.98 Å². The zero-order chi connectivity index (χ0) is 60.0. The average Bonchev–Trinajstić information content (AvgIpc) is 3.36. The summed E-state index contributed by atoms with van der Waals surface area (Å²) in [5, 5.41) is 8.89. The lowest BCUT2D eigenvalue weighted by molar-refractivity contribution is -0.672. The predicted octanol–water partition coefficient (Wildman–Crippen LogP) is 14.0. The Morgan fingerprint density at radius 3 is 0.975 bits per heavy atom. The van der Waals surface area contributed by atoms with Gasteiger partial charge in [0.15, 0.2) is 6.20 Å². The third-order valence-electron chi connectivity index (χ3n) is 12.0. The minimum atomic E-state index is -6.13. The van der Waals surface area contributed by atoms with Crippen molar-refractivity contribution in [2.24, 2.45) is 0 Å². The molecular formula is C51H26BF24N3O. The van der Waals surface area contributed by atoms with Gasteiger partial charge in [0.05, 0.1) is 68.5 Å². The number of nitriles is 1. The first-order valence-corrected chi connectivity index (χ1v) is 21.8. The molecule has 4 nitrogen and oxygen atoms in total. The van der Waals surface area contributed by atoms with Crippen LogP contribution in [-0.2, 0) is 56.0 Å². The second-order valence-electron chi connectivity index (χ2n) is 17.3. The van der Waals surface area contributed by atoms with Crippen LogP contribution in [0.15, 0.2) is 146 Å². The van der Waals surface area contributed by atoms with Gasteiger partial charge in [0.2, 0.25) is 18.0 Å². The molecule has 422 valence electrons. The van der Waals surface area contributed by atoms with Crippen LogP contribution in [0.5, 0.6) is 0 Å². The molecule has 1 heterocycles. The van der Waals surface area contributed by atoms with Crippen LogP contribution in [0.1, 0.15) is 60.4 Å². The summed E-state index contributed by atoms with van der Waals surface area (Å²) in [5.74, 6) is 0.0386. The smallest absolute Gasteiger partial charge is 0.287 e. The monoisotopic (exact) mass is 1160 g/mol. The highest BCUT2D eigenvalue weighted by Gasteiger charge is 2.47. The van der Waals surface area contributed by atoms with Gasteiger partial charge in [0.25, 0.3) is 0 Å². The maximum atomic E-state index is 14.2. The molecule has 0 bridgehead atoms. The SMILES string of the molecule is FC(F)(F)c1cc([B-](c2cc(C(F)(F)F)cc(C(F)(F)F)c2)(c2cc(C(F)(F)F)cc(C(F)(F)F)c2)c2cc(C(F)(F)F)cc(C(F)(F)F)c2)cc(C(F)(F)F)c1.N#Cc1ccc(-c2cncc[n+]2CC(=O)c2ccccc2)cc1. The number of carbonyl (C=O) groups excluding carboxylic acids is 1. The van der Waals surface area contributed by atoms with Crippen molar-refractivity contribution in [2.75, 3.05) is 0 Å². The van der Waals surface area contributed by atoms with E-state index in [2.05, 4.69) is 11.1 Å². The summed E-state index contributed by atoms with van der Waals surface area (Å²) in [7, 11) is 0. The van der Waals surface area contributed by atoms with E-state index in [-0.39, 0.29) is 12.3 Å². The number of rotatable bonds is 8. The number of aromatic nitrogens is 2. The Hall–Kier alpha value is -8.06. The fourth-order valence-electron chi connectivity index (χ4n) is 8.42. The van der Waals surface area contributed by atoms with Crippen LogP contribution in [0, 0.1) is 11.3 Å². The molecular weight excluding hydrogens is 1140 g/mol. The van der Waals surface area contributed by atoms with Gasteiger partial charge in [-0.05, 0) is 48.5 Å². The molecule has 0 unspecified atom stereocenters. The van der Waals surface area contributed by atoms with E-state index in [0.717, 1.165) is 11.3 Å². The summed E-state index contributed by atoms with van der Waals surface area (Å²) >= 11 is 0. The molecule has 7 aromatic rings. The normalized spacial score (nSPS) is 13.1. The topological polar surface area (TPSA) is 57.6 Å². The third-order valence-corrected chi connectivity index (χ3v) is 12.0. The van der Waals surface area contributed by atoms with Gasteiger partial charge in [-0.15, -0.1) is 0 Å². The van der Waals surface area contributed by atoms with Crippen LogP contribution in [0.2, 0.25) is 0 Å². The molecule has 0 atom stereocenters. The van der Waals surface area contributed by atoms with Gasteiger partial charge in [0, 0.05) is 11.1 Å². The van der Waals surface area contributed by atoms with Crippen molar-refractivity contribution >= 4 is 33.8 Å². The third kappa shape index (κ3) is 13.8. The number of nitrogens with zero attached hydrogens (tertiary/aromatic N) is 3. The summed E-state index contributed by atoms with van der Waals surface area (Å²) in [6, 6.07) is 9.73. The summed E-state index contributed by atoms with van der Waals surface area (Å²) in [4.78, 5) is 16.6. The quantitative estimate of drug-likeness (QED) is 0.0659. The number of Topliss-reactive ketones (excluding diaryl/α,β-unsaturated/α-hetero) is 1. The van der Waals surface area contributed by atoms with Gasteiger partial charge >= 0.3 is 49.4 Å². The van der Waals surface area contributed by atoms with Crippen LogP contribution in [0.3, 0.4) is 0 Å². The van der Waals surface area contributed by atoms with E-state index in [0.29, 0.717) is 11.1 Å². The number of ketones is 1. The van der Waals surface area contributed by atoms with E-state index in [1.54, 1.807) is 30.7 Å².